The summed E-state index contributed by atoms with van der Waals surface area (Å²) in [5.41, 5.74) is 4.62. The summed E-state index contributed by atoms with van der Waals surface area (Å²) in [6.07, 6.45) is 7.58. The van der Waals surface area contributed by atoms with Crippen LogP contribution in [0.4, 0.5) is 0 Å². The highest BCUT2D eigenvalue weighted by molar-refractivity contribution is 6.23. The lowest BCUT2D eigenvalue weighted by atomic mass is 9.70. The normalized spacial score (nSPS) is 18.8. The number of rotatable bonds is 7. The molecular formula is C23H30O2. The number of Topliss-reactive ketones (excluding diaryl/α,β-unsaturated/α-hetero) is 1. The zero-order chi connectivity index (χ0) is 18.4. The van der Waals surface area contributed by atoms with Gasteiger partial charge < -0.3 is 0 Å². The number of allylic oxidation sites excluding steroid dienone is 4. The van der Waals surface area contributed by atoms with E-state index in [1.54, 1.807) is 0 Å². The summed E-state index contributed by atoms with van der Waals surface area (Å²) in [7, 11) is 0. The molecule has 0 N–H and O–H groups in total. The van der Waals surface area contributed by atoms with Crippen molar-refractivity contribution in [2.75, 3.05) is 0 Å². The standard InChI is InChI=1S/C23H30O2/c1-17-9-8-15-23(3,4)21(17)13-12-18(2)22(25)20(14-16-24)19-10-6-5-7-11-19/h5-7,10-11,14,16,18H,8-9,12-13,15H2,1-4H3. The van der Waals surface area contributed by atoms with Crippen LogP contribution in [0.15, 0.2) is 47.6 Å². The molecule has 0 bridgehead atoms. The molecule has 0 aromatic heterocycles. The van der Waals surface area contributed by atoms with Crippen LogP contribution in [-0.2, 0) is 9.59 Å². The molecule has 1 aromatic rings. The molecule has 0 heterocycles. The number of carbonyl (C=O) groups excluding carboxylic acids is 2. The maximum Gasteiger partial charge on any atom is 0.166 e. The van der Waals surface area contributed by atoms with E-state index in [1.807, 2.05) is 37.3 Å². The molecule has 0 saturated heterocycles. The van der Waals surface area contributed by atoms with Gasteiger partial charge in [0, 0.05) is 11.5 Å². The van der Waals surface area contributed by atoms with E-state index in [4.69, 9.17) is 0 Å². The monoisotopic (exact) mass is 338 g/mol. The molecule has 1 aliphatic carbocycles. The van der Waals surface area contributed by atoms with E-state index >= 15 is 0 Å². The zero-order valence-electron chi connectivity index (χ0n) is 16.0. The first kappa shape index (κ1) is 19.4. The molecule has 1 aromatic carbocycles. The van der Waals surface area contributed by atoms with Gasteiger partial charge in [-0.15, -0.1) is 0 Å². The summed E-state index contributed by atoms with van der Waals surface area (Å²) in [5.74, 6) is -0.0328. The van der Waals surface area contributed by atoms with E-state index in [0.29, 0.717) is 11.9 Å². The summed E-state index contributed by atoms with van der Waals surface area (Å²) in [5, 5.41) is 0. The van der Waals surface area contributed by atoms with Gasteiger partial charge in [-0.05, 0) is 56.1 Å². The number of aldehydes is 1. The van der Waals surface area contributed by atoms with E-state index in [2.05, 4.69) is 20.8 Å². The van der Waals surface area contributed by atoms with Gasteiger partial charge in [-0.1, -0.05) is 62.2 Å². The largest absolute Gasteiger partial charge is 0.299 e. The molecule has 2 heteroatoms. The smallest absolute Gasteiger partial charge is 0.166 e. The predicted molar refractivity (Wildman–Crippen MR) is 104 cm³/mol. The summed E-state index contributed by atoms with van der Waals surface area (Å²) in [6, 6.07) is 9.47. The molecule has 1 atom stereocenters. The average Bonchev–Trinajstić information content (AvgIpc) is 2.58. The van der Waals surface area contributed by atoms with Crippen LogP contribution in [0.2, 0.25) is 0 Å². The summed E-state index contributed by atoms with van der Waals surface area (Å²) < 4.78 is 0. The molecule has 2 nitrogen and oxygen atoms in total. The van der Waals surface area contributed by atoms with Gasteiger partial charge in [-0.2, -0.15) is 0 Å². The van der Waals surface area contributed by atoms with Crippen LogP contribution in [0, 0.1) is 11.3 Å². The Labute approximate surface area is 152 Å². The van der Waals surface area contributed by atoms with Crippen LogP contribution >= 0.6 is 0 Å². The van der Waals surface area contributed by atoms with Crippen LogP contribution in [-0.4, -0.2) is 12.1 Å². The number of benzene rings is 1. The Balaban J connectivity index is 2.11. The lowest BCUT2D eigenvalue weighted by Gasteiger charge is -2.35. The zero-order valence-corrected chi connectivity index (χ0v) is 16.0. The second-order valence-electron chi connectivity index (χ2n) is 7.88. The topological polar surface area (TPSA) is 34.1 Å². The van der Waals surface area contributed by atoms with Gasteiger partial charge in [0.05, 0.1) is 0 Å². The molecule has 25 heavy (non-hydrogen) atoms. The highest BCUT2D eigenvalue weighted by Gasteiger charge is 2.29. The Morgan fingerprint density at radius 1 is 1.24 bits per heavy atom. The second kappa shape index (κ2) is 8.42. The van der Waals surface area contributed by atoms with Gasteiger partial charge in [-0.3, -0.25) is 9.59 Å². The van der Waals surface area contributed by atoms with Gasteiger partial charge in [0.1, 0.15) is 6.29 Å². The van der Waals surface area contributed by atoms with Crippen molar-refractivity contribution in [3.8, 4) is 0 Å². The maximum absolute atomic E-state index is 12.9. The molecule has 0 aliphatic heterocycles. The van der Waals surface area contributed by atoms with E-state index in [0.717, 1.165) is 18.4 Å². The van der Waals surface area contributed by atoms with Crippen molar-refractivity contribution >= 4 is 17.6 Å². The molecule has 1 unspecified atom stereocenters. The van der Waals surface area contributed by atoms with Crippen molar-refractivity contribution in [2.45, 2.75) is 59.8 Å². The fraction of sp³-hybridized carbons (Fsp3) is 0.478. The maximum atomic E-state index is 12.9. The van der Waals surface area contributed by atoms with Crippen molar-refractivity contribution in [1.82, 2.24) is 0 Å². The lowest BCUT2D eigenvalue weighted by molar-refractivity contribution is -0.117. The number of carbonyl (C=O) groups is 2. The Morgan fingerprint density at radius 3 is 2.52 bits per heavy atom. The van der Waals surface area contributed by atoms with Gasteiger partial charge in [0.25, 0.3) is 0 Å². The molecule has 1 aliphatic rings. The van der Waals surface area contributed by atoms with E-state index in [9.17, 15) is 9.59 Å². The third-order valence-electron chi connectivity index (χ3n) is 5.55. The minimum absolute atomic E-state index is 0.0603. The minimum Gasteiger partial charge on any atom is -0.299 e. The summed E-state index contributed by atoms with van der Waals surface area (Å²) >= 11 is 0. The first-order chi connectivity index (χ1) is 11.9. The molecule has 0 spiro atoms. The van der Waals surface area contributed by atoms with Crippen LogP contribution in [0.25, 0.3) is 5.57 Å². The number of ketones is 1. The molecule has 0 fully saturated rings. The lowest BCUT2D eigenvalue weighted by Crippen LogP contribution is -2.22. The highest BCUT2D eigenvalue weighted by atomic mass is 16.1. The van der Waals surface area contributed by atoms with Gasteiger partial charge in [0.2, 0.25) is 0 Å². The van der Waals surface area contributed by atoms with Crippen LogP contribution in [0.5, 0.6) is 0 Å². The predicted octanol–water partition coefficient (Wildman–Crippen LogP) is 5.78. The summed E-state index contributed by atoms with van der Waals surface area (Å²) in [4.78, 5) is 23.9. The van der Waals surface area contributed by atoms with Crippen LogP contribution < -0.4 is 0 Å². The van der Waals surface area contributed by atoms with E-state index in [1.165, 1.54) is 36.5 Å². The van der Waals surface area contributed by atoms with Crippen molar-refractivity contribution < 1.29 is 9.59 Å². The molecular weight excluding hydrogens is 308 g/mol. The first-order valence-corrected chi connectivity index (χ1v) is 9.31. The second-order valence-corrected chi connectivity index (χ2v) is 7.88. The van der Waals surface area contributed by atoms with Gasteiger partial charge >= 0.3 is 0 Å². The Morgan fingerprint density at radius 2 is 1.92 bits per heavy atom. The first-order valence-electron chi connectivity index (χ1n) is 9.31. The minimum atomic E-state index is -0.0931. The van der Waals surface area contributed by atoms with Crippen LogP contribution in [0.1, 0.15) is 65.4 Å². The quantitative estimate of drug-likeness (QED) is 0.359. The Bertz CT molecular complexity index is 677. The third-order valence-corrected chi connectivity index (χ3v) is 5.55. The SMILES string of the molecule is CC1=C(CCC(C)C(=O)C(=CC=O)c2ccccc2)C(C)(C)CCC1. The van der Waals surface area contributed by atoms with E-state index in [-0.39, 0.29) is 17.1 Å². The molecule has 0 amide bonds. The Hall–Kier alpha value is -1.96. The average molecular weight is 338 g/mol. The molecule has 2 rings (SSSR count). The van der Waals surface area contributed by atoms with Crippen molar-refractivity contribution in [3.63, 3.8) is 0 Å². The van der Waals surface area contributed by atoms with Crippen molar-refractivity contribution in [1.29, 1.82) is 0 Å². The fourth-order valence-corrected chi connectivity index (χ4v) is 3.99. The fourth-order valence-electron chi connectivity index (χ4n) is 3.99. The van der Waals surface area contributed by atoms with Gasteiger partial charge in [-0.25, -0.2) is 0 Å². The molecule has 0 saturated carbocycles. The summed E-state index contributed by atoms with van der Waals surface area (Å²) in [6.45, 7) is 8.86. The number of hydrogen-bond donors (Lipinski definition) is 0. The Kier molecular flexibility index (Phi) is 6.52. The van der Waals surface area contributed by atoms with E-state index < -0.39 is 0 Å². The number of hydrogen-bond acceptors (Lipinski definition) is 2. The van der Waals surface area contributed by atoms with Crippen LogP contribution in [0.3, 0.4) is 0 Å². The molecule has 134 valence electrons. The molecule has 0 radical (unpaired) electrons. The third kappa shape index (κ3) is 4.78. The van der Waals surface area contributed by atoms with Gasteiger partial charge in [0.15, 0.2) is 5.78 Å². The van der Waals surface area contributed by atoms with Crippen molar-refractivity contribution in [2.24, 2.45) is 11.3 Å². The van der Waals surface area contributed by atoms with Crippen molar-refractivity contribution in [3.05, 3.63) is 53.1 Å². The highest BCUT2D eigenvalue weighted by Crippen LogP contribution is 2.42.